The molecule has 9 rings (SSSR count). The first kappa shape index (κ1) is 35.3. The number of nitrogens with zero attached hydrogens (tertiary/aromatic N) is 3. The molecule has 3 N–H and O–H groups in total. The Hall–Kier alpha value is -3.37. The Morgan fingerprint density at radius 1 is 1.06 bits per heavy atom. The first-order valence-electron chi connectivity index (χ1n) is 20.1. The Morgan fingerprint density at radius 2 is 1.85 bits per heavy atom. The van der Waals surface area contributed by atoms with Crippen molar-refractivity contribution in [1.29, 1.82) is 0 Å². The number of nitrogens with one attached hydrogen (secondary N) is 1. The van der Waals surface area contributed by atoms with E-state index in [0.29, 0.717) is 13.0 Å². The number of H-pyrrole nitrogens is 1. The molecule has 3 aromatic rings. The van der Waals surface area contributed by atoms with Crippen LogP contribution in [0.1, 0.15) is 87.6 Å². The predicted octanol–water partition coefficient (Wildman–Crippen LogP) is 5.73. The van der Waals surface area contributed by atoms with Crippen LogP contribution in [0.15, 0.2) is 48.6 Å². The SMILES string of the molecule is CC[C@]1(O)C[C@H]2CN(CCc3c([nH]c4ccccc34)[C@H](C)[C@H]2c2cc3c(cc2OC)N(C)[C@H]2[C@@](O)(C(=O)OC)[C@H](C)[C@]4(CC)C=CCN5CC[C@]32[C@@H]54)C1. The zero-order chi connectivity index (χ0) is 37.2. The van der Waals surface area contributed by atoms with E-state index < -0.39 is 34.0 Å². The molecule has 2 bridgehead atoms. The van der Waals surface area contributed by atoms with E-state index in [1.807, 2.05) is 0 Å². The van der Waals surface area contributed by atoms with Crippen molar-refractivity contribution < 1.29 is 24.5 Å². The van der Waals surface area contributed by atoms with Crippen molar-refractivity contribution in [2.24, 2.45) is 17.3 Å². The number of fused-ring (bicyclic) bond motifs is 6. The summed E-state index contributed by atoms with van der Waals surface area (Å²) in [4.78, 5) is 25.4. The van der Waals surface area contributed by atoms with Gasteiger partial charge in [0.25, 0.3) is 0 Å². The number of likely N-dealkylation sites (N-methyl/N-ethyl adjacent to an activating group) is 1. The lowest BCUT2D eigenvalue weighted by molar-refractivity contribution is -0.197. The van der Waals surface area contributed by atoms with Gasteiger partial charge >= 0.3 is 5.97 Å². The highest BCUT2D eigenvalue weighted by Gasteiger charge is 2.78. The van der Waals surface area contributed by atoms with Crippen molar-refractivity contribution in [2.75, 3.05) is 58.9 Å². The molecule has 3 fully saturated rings. The zero-order valence-electron chi connectivity index (χ0n) is 32.6. The largest absolute Gasteiger partial charge is 0.496 e. The average molecular weight is 723 g/mol. The standard InChI is InChI=1S/C44H58N4O5/c1-8-41(50)23-28-24-47(25-41)19-15-30-29-13-10-11-14-33(29)45-37(30)26(3)36(28)31-21-32-34(22-35(31)52-6)46(5)39-43(32)17-20-48-18-12-16-42(9-2,38(43)48)27(4)44(39,51)40(49)53-7/h10-14,16,21-22,26-28,36,38-39,45,50-51H,8-9,15,17-20,23-25H2,1-7H3/t26-,27-,28+,36-,38+,39-,41+,42+,43-,44-/m1/s1. The maximum Gasteiger partial charge on any atom is 0.340 e. The summed E-state index contributed by atoms with van der Waals surface area (Å²) in [6.07, 6.45) is 8.58. The highest BCUT2D eigenvalue weighted by Crippen LogP contribution is 2.69. The summed E-state index contributed by atoms with van der Waals surface area (Å²) in [6, 6.07) is 12.9. The third-order valence-corrected chi connectivity index (χ3v) is 15.8. The van der Waals surface area contributed by atoms with E-state index in [1.165, 1.54) is 34.8 Å². The van der Waals surface area contributed by atoms with Crippen LogP contribution >= 0.6 is 0 Å². The molecule has 53 heavy (non-hydrogen) atoms. The highest BCUT2D eigenvalue weighted by atomic mass is 16.5. The van der Waals surface area contributed by atoms with Crippen LogP contribution in [0.2, 0.25) is 0 Å². The topological polar surface area (TPSA) is 102 Å². The fourth-order valence-corrected chi connectivity index (χ4v) is 13.5. The monoisotopic (exact) mass is 722 g/mol. The minimum atomic E-state index is -1.74. The second-order valence-corrected chi connectivity index (χ2v) is 17.6. The molecule has 6 aliphatic rings. The van der Waals surface area contributed by atoms with Gasteiger partial charge in [-0.1, -0.05) is 58.0 Å². The molecule has 9 heteroatoms. The van der Waals surface area contributed by atoms with Crippen molar-refractivity contribution in [3.63, 3.8) is 0 Å². The molecule has 1 aromatic heterocycles. The molecule has 11 atom stereocenters. The van der Waals surface area contributed by atoms with Gasteiger partial charge in [0.1, 0.15) is 5.75 Å². The zero-order valence-corrected chi connectivity index (χ0v) is 32.6. The number of aliphatic hydroxyl groups is 2. The Labute approximate surface area is 314 Å². The molecule has 1 spiro atoms. The highest BCUT2D eigenvalue weighted by molar-refractivity contribution is 5.87. The lowest BCUT2D eigenvalue weighted by atomic mass is 9.45. The summed E-state index contributed by atoms with van der Waals surface area (Å²) in [7, 11) is 5.23. The quantitative estimate of drug-likeness (QED) is 0.227. The van der Waals surface area contributed by atoms with E-state index >= 15 is 0 Å². The van der Waals surface area contributed by atoms with E-state index in [9.17, 15) is 15.0 Å². The van der Waals surface area contributed by atoms with Crippen LogP contribution in [0.3, 0.4) is 0 Å². The minimum absolute atomic E-state index is 0.0310. The molecule has 284 valence electrons. The fraction of sp³-hybridized carbons (Fsp3) is 0.614. The van der Waals surface area contributed by atoms with Gasteiger partial charge in [-0.2, -0.15) is 0 Å². The maximum atomic E-state index is 14.1. The van der Waals surface area contributed by atoms with Crippen molar-refractivity contribution in [1.82, 2.24) is 14.8 Å². The van der Waals surface area contributed by atoms with Gasteiger partial charge in [-0.3, -0.25) is 9.80 Å². The minimum Gasteiger partial charge on any atom is -0.496 e. The third-order valence-electron chi connectivity index (χ3n) is 15.8. The third kappa shape index (κ3) is 4.48. The number of ether oxygens (including phenoxy) is 2. The van der Waals surface area contributed by atoms with Crippen LogP contribution in [0, 0.1) is 17.3 Å². The molecule has 9 nitrogen and oxygen atoms in total. The van der Waals surface area contributed by atoms with Crippen LogP contribution < -0.4 is 9.64 Å². The Morgan fingerprint density at radius 3 is 2.58 bits per heavy atom. The summed E-state index contributed by atoms with van der Waals surface area (Å²) >= 11 is 0. The molecule has 6 heterocycles. The van der Waals surface area contributed by atoms with E-state index in [4.69, 9.17) is 9.47 Å². The molecule has 2 saturated heterocycles. The van der Waals surface area contributed by atoms with E-state index in [1.54, 1.807) is 7.11 Å². The summed E-state index contributed by atoms with van der Waals surface area (Å²) in [5.74, 6) is 0.204. The van der Waals surface area contributed by atoms with E-state index in [0.717, 1.165) is 68.9 Å². The number of methoxy groups -OCH3 is 2. The van der Waals surface area contributed by atoms with E-state index in [-0.39, 0.29) is 29.7 Å². The smallest absolute Gasteiger partial charge is 0.340 e. The Balaban J connectivity index is 1.30. The number of hydrogen-bond donors (Lipinski definition) is 3. The van der Waals surface area contributed by atoms with Crippen molar-refractivity contribution in [2.45, 2.75) is 100 Å². The van der Waals surface area contributed by atoms with Gasteiger partial charge in [0.15, 0.2) is 5.60 Å². The average Bonchev–Trinajstić information content (AvgIpc) is 3.82. The van der Waals surface area contributed by atoms with Gasteiger partial charge in [-0.15, -0.1) is 0 Å². The molecular weight excluding hydrogens is 665 g/mol. The molecule has 1 unspecified atom stereocenters. The number of carbonyl (C=O) groups is 1. The summed E-state index contributed by atoms with van der Waals surface area (Å²) < 4.78 is 11.9. The van der Waals surface area contributed by atoms with Gasteiger partial charge in [0, 0.05) is 90.3 Å². The van der Waals surface area contributed by atoms with Gasteiger partial charge in [-0.25, -0.2) is 4.79 Å². The number of benzene rings is 2. The maximum absolute atomic E-state index is 14.1. The second kappa shape index (κ2) is 12.1. The molecule has 1 aliphatic carbocycles. The first-order chi connectivity index (χ1) is 25.4. The molecule has 2 aromatic carbocycles. The van der Waals surface area contributed by atoms with Gasteiger partial charge in [-0.05, 0) is 79.3 Å². The number of piperidine rings is 1. The summed E-state index contributed by atoms with van der Waals surface area (Å²) in [5.41, 5.74) is 3.74. The van der Waals surface area contributed by atoms with Gasteiger partial charge < -0.3 is 29.6 Å². The Kier molecular flexibility index (Phi) is 8.04. The number of carbonyl (C=O) groups excluding carboxylic acids is 1. The van der Waals surface area contributed by atoms with Crippen molar-refractivity contribution in [3.8, 4) is 5.75 Å². The number of esters is 1. The van der Waals surface area contributed by atoms with Gasteiger partial charge in [0.05, 0.1) is 25.9 Å². The molecule has 0 amide bonds. The number of rotatable bonds is 5. The van der Waals surface area contributed by atoms with Crippen LogP contribution in [-0.4, -0.2) is 108 Å². The molecule has 0 radical (unpaired) electrons. The summed E-state index contributed by atoms with van der Waals surface area (Å²) in [6.45, 7) is 13.0. The first-order valence-corrected chi connectivity index (χ1v) is 20.1. The van der Waals surface area contributed by atoms with Crippen molar-refractivity contribution >= 4 is 22.6 Å². The van der Waals surface area contributed by atoms with Crippen LogP contribution in [0.25, 0.3) is 10.9 Å². The molecular formula is C44H58N4O5. The Bertz CT molecular complexity index is 1990. The normalized spacial score (nSPS) is 40.1. The number of para-hydroxylation sites is 1. The molecule has 1 saturated carbocycles. The van der Waals surface area contributed by atoms with Crippen LogP contribution in [0.5, 0.6) is 5.75 Å². The summed E-state index contributed by atoms with van der Waals surface area (Å²) in [5, 5.41) is 26.5. The molecule has 5 aliphatic heterocycles. The number of hydrogen-bond acceptors (Lipinski definition) is 8. The number of aromatic nitrogens is 1. The lowest BCUT2D eigenvalue weighted by Crippen LogP contribution is -2.78. The van der Waals surface area contributed by atoms with Crippen molar-refractivity contribution in [3.05, 3.63) is 70.9 Å². The fourth-order valence-electron chi connectivity index (χ4n) is 13.5. The van der Waals surface area contributed by atoms with E-state index in [2.05, 4.69) is 103 Å². The van der Waals surface area contributed by atoms with Crippen LogP contribution in [0.4, 0.5) is 5.69 Å². The van der Waals surface area contributed by atoms with Gasteiger partial charge in [0.2, 0.25) is 0 Å². The number of aromatic amines is 1. The lowest BCUT2D eigenvalue weighted by Gasteiger charge is -2.64. The predicted molar refractivity (Wildman–Crippen MR) is 208 cm³/mol. The number of anilines is 1. The van der Waals surface area contributed by atoms with Crippen LogP contribution in [-0.2, 0) is 21.4 Å². The second-order valence-electron chi connectivity index (χ2n) is 17.6.